The number of aryl methyl sites for hydroxylation is 1. The van der Waals surface area contributed by atoms with Crippen LogP contribution in [0.4, 0.5) is 11.8 Å². The van der Waals surface area contributed by atoms with Crippen molar-refractivity contribution in [1.29, 1.82) is 0 Å². The Labute approximate surface area is 190 Å². The maximum absolute atomic E-state index is 13.0. The van der Waals surface area contributed by atoms with Gasteiger partial charge in [-0.1, -0.05) is 42.5 Å². The molecular formula is C26H33N5O. The standard InChI is InChI=1S/C26H33N5O/c1-17-16-27-26(30-24(17)31(3)4)29-21-14-12-20(13-15-21)25(32)28-18(2)22-11-7-9-19-8-5-6-10-23(19)22/h5-11,16,18,20-21H,12-15H2,1-4H3,(H,28,32)(H,27,29,30)/t18-,20-,21+/m1/s1. The fraction of sp³-hybridized carbons (Fsp3) is 0.423. The molecule has 1 atom stereocenters. The molecule has 0 radical (unpaired) electrons. The van der Waals surface area contributed by atoms with E-state index in [9.17, 15) is 4.79 Å². The number of carbonyl (C=O) groups excluding carboxylic acids is 1. The van der Waals surface area contributed by atoms with E-state index in [1.807, 2.05) is 44.2 Å². The topological polar surface area (TPSA) is 70.1 Å². The van der Waals surface area contributed by atoms with E-state index in [0.717, 1.165) is 37.1 Å². The average Bonchev–Trinajstić information content (AvgIpc) is 2.80. The van der Waals surface area contributed by atoms with E-state index >= 15 is 0 Å². The predicted octanol–water partition coefficient (Wildman–Crippen LogP) is 4.85. The van der Waals surface area contributed by atoms with Crippen LogP contribution in [0.15, 0.2) is 48.7 Å². The van der Waals surface area contributed by atoms with Gasteiger partial charge in [-0.15, -0.1) is 0 Å². The number of aromatic nitrogens is 2. The second-order valence-corrected chi connectivity index (χ2v) is 9.09. The summed E-state index contributed by atoms with van der Waals surface area (Å²) in [5.41, 5.74) is 2.22. The van der Waals surface area contributed by atoms with Gasteiger partial charge in [0.25, 0.3) is 0 Å². The van der Waals surface area contributed by atoms with Crippen LogP contribution in [0.25, 0.3) is 10.8 Å². The lowest BCUT2D eigenvalue weighted by Gasteiger charge is -2.29. The van der Waals surface area contributed by atoms with E-state index in [0.29, 0.717) is 12.0 Å². The Morgan fingerprint density at radius 1 is 1.06 bits per heavy atom. The smallest absolute Gasteiger partial charge is 0.224 e. The number of rotatable bonds is 6. The molecule has 1 aliphatic carbocycles. The van der Waals surface area contributed by atoms with Crippen LogP contribution in [0.2, 0.25) is 0 Å². The highest BCUT2D eigenvalue weighted by Gasteiger charge is 2.28. The van der Waals surface area contributed by atoms with Gasteiger partial charge in [-0.05, 0) is 55.9 Å². The van der Waals surface area contributed by atoms with Gasteiger partial charge in [-0.2, -0.15) is 4.98 Å². The molecule has 1 saturated carbocycles. The summed E-state index contributed by atoms with van der Waals surface area (Å²) in [5, 5.41) is 9.13. The van der Waals surface area contributed by atoms with E-state index in [4.69, 9.17) is 0 Å². The number of hydrogen-bond donors (Lipinski definition) is 2. The molecule has 0 saturated heterocycles. The number of amides is 1. The van der Waals surface area contributed by atoms with Crippen molar-refractivity contribution in [2.45, 2.75) is 51.6 Å². The van der Waals surface area contributed by atoms with Crippen molar-refractivity contribution in [3.05, 3.63) is 59.8 Å². The van der Waals surface area contributed by atoms with Crippen LogP contribution in [-0.2, 0) is 4.79 Å². The first-order chi connectivity index (χ1) is 15.4. The molecule has 6 nitrogen and oxygen atoms in total. The lowest BCUT2D eigenvalue weighted by molar-refractivity contribution is -0.126. The molecule has 0 spiro atoms. The fourth-order valence-electron chi connectivity index (χ4n) is 4.67. The predicted molar refractivity (Wildman–Crippen MR) is 131 cm³/mol. The highest BCUT2D eigenvalue weighted by molar-refractivity contribution is 5.87. The first kappa shape index (κ1) is 22.1. The van der Waals surface area contributed by atoms with Crippen molar-refractivity contribution in [2.24, 2.45) is 5.92 Å². The van der Waals surface area contributed by atoms with E-state index in [1.54, 1.807) is 0 Å². The van der Waals surface area contributed by atoms with Crippen molar-refractivity contribution in [1.82, 2.24) is 15.3 Å². The minimum atomic E-state index is -0.0186. The molecule has 1 aliphatic rings. The number of nitrogens with one attached hydrogen (secondary N) is 2. The Hall–Kier alpha value is -3.15. The minimum absolute atomic E-state index is 0.0186. The van der Waals surface area contributed by atoms with Gasteiger partial charge in [0.2, 0.25) is 11.9 Å². The summed E-state index contributed by atoms with van der Waals surface area (Å²) in [6.07, 6.45) is 5.49. The van der Waals surface area contributed by atoms with E-state index < -0.39 is 0 Å². The lowest BCUT2D eigenvalue weighted by Crippen LogP contribution is -2.37. The molecule has 0 bridgehead atoms. The second kappa shape index (κ2) is 9.55. The van der Waals surface area contributed by atoms with Gasteiger partial charge < -0.3 is 15.5 Å². The first-order valence-electron chi connectivity index (χ1n) is 11.5. The van der Waals surface area contributed by atoms with Crippen LogP contribution >= 0.6 is 0 Å². The molecule has 2 N–H and O–H groups in total. The molecule has 1 heterocycles. The Morgan fingerprint density at radius 2 is 1.78 bits per heavy atom. The Balaban J connectivity index is 1.33. The van der Waals surface area contributed by atoms with Crippen LogP contribution in [0, 0.1) is 12.8 Å². The fourth-order valence-corrected chi connectivity index (χ4v) is 4.67. The number of benzene rings is 2. The zero-order valence-electron chi connectivity index (χ0n) is 19.4. The Kier molecular flexibility index (Phi) is 6.58. The van der Waals surface area contributed by atoms with Crippen LogP contribution in [0.3, 0.4) is 0 Å². The molecule has 168 valence electrons. The zero-order chi connectivity index (χ0) is 22.7. The number of carbonyl (C=O) groups is 1. The van der Waals surface area contributed by atoms with Crippen molar-refractivity contribution >= 4 is 28.4 Å². The van der Waals surface area contributed by atoms with Crippen LogP contribution in [-0.4, -0.2) is 36.0 Å². The quantitative estimate of drug-likeness (QED) is 0.584. The molecule has 1 aromatic heterocycles. The van der Waals surface area contributed by atoms with Gasteiger partial charge >= 0.3 is 0 Å². The normalized spacial score (nSPS) is 19.4. The molecule has 0 unspecified atom stereocenters. The summed E-state index contributed by atoms with van der Waals surface area (Å²) in [7, 11) is 3.98. The van der Waals surface area contributed by atoms with E-state index in [-0.39, 0.29) is 17.9 Å². The number of anilines is 2. The van der Waals surface area contributed by atoms with Crippen LogP contribution in [0.1, 0.15) is 49.8 Å². The molecule has 6 heteroatoms. The summed E-state index contributed by atoms with van der Waals surface area (Å²) in [6.45, 7) is 4.09. The average molecular weight is 432 g/mol. The number of nitrogens with zero attached hydrogens (tertiary/aromatic N) is 3. The van der Waals surface area contributed by atoms with Gasteiger partial charge in [0.15, 0.2) is 0 Å². The minimum Gasteiger partial charge on any atom is -0.362 e. The monoisotopic (exact) mass is 431 g/mol. The SMILES string of the molecule is Cc1cnc(N[C@H]2CC[C@@H](C(=O)N[C@H](C)c3cccc4ccccc34)CC2)nc1N(C)C. The number of hydrogen-bond acceptors (Lipinski definition) is 5. The molecule has 4 rings (SSSR count). The van der Waals surface area contributed by atoms with Gasteiger partial charge in [-0.3, -0.25) is 4.79 Å². The Morgan fingerprint density at radius 3 is 2.53 bits per heavy atom. The highest BCUT2D eigenvalue weighted by atomic mass is 16.1. The van der Waals surface area contributed by atoms with Crippen molar-refractivity contribution < 1.29 is 4.79 Å². The molecule has 1 fully saturated rings. The molecule has 32 heavy (non-hydrogen) atoms. The molecular weight excluding hydrogens is 398 g/mol. The van der Waals surface area contributed by atoms with Crippen LogP contribution < -0.4 is 15.5 Å². The molecule has 0 aliphatic heterocycles. The third kappa shape index (κ3) is 4.85. The maximum Gasteiger partial charge on any atom is 0.224 e. The molecule has 2 aromatic carbocycles. The molecule has 3 aromatic rings. The summed E-state index contributed by atoms with van der Waals surface area (Å²) in [5.74, 6) is 1.81. The van der Waals surface area contributed by atoms with Crippen molar-refractivity contribution in [2.75, 3.05) is 24.3 Å². The van der Waals surface area contributed by atoms with Crippen LogP contribution in [0.5, 0.6) is 0 Å². The zero-order valence-corrected chi connectivity index (χ0v) is 19.4. The van der Waals surface area contributed by atoms with Gasteiger partial charge in [0.1, 0.15) is 5.82 Å². The van der Waals surface area contributed by atoms with Gasteiger partial charge in [0, 0.05) is 37.8 Å². The number of fused-ring (bicyclic) bond motifs is 1. The lowest BCUT2D eigenvalue weighted by atomic mass is 9.85. The van der Waals surface area contributed by atoms with Crippen molar-refractivity contribution in [3.8, 4) is 0 Å². The summed E-state index contributed by atoms with van der Waals surface area (Å²) in [6, 6.07) is 14.9. The largest absolute Gasteiger partial charge is 0.362 e. The molecule has 1 amide bonds. The van der Waals surface area contributed by atoms with Gasteiger partial charge in [-0.25, -0.2) is 4.98 Å². The summed E-state index contributed by atoms with van der Waals surface area (Å²) < 4.78 is 0. The van der Waals surface area contributed by atoms with Crippen molar-refractivity contribution in [3.63, 3.8) is 0 Å². The summed E-state index contributed by atoms with van der Waals surface area (Å²) >= 11 is 0. The van der Waals surface area contributed by atoms with Gasteiger partial charge in [0.05, 0.1) is 6.04 Å². The summed E-state index contributed by atoms with van der Waals surface area (Å²) in [4.78, 5) is 24.1. The van der Waals surface area contributed by atoms with E-state index in [1.165, 1.54) is 16.3 Å². The highest BCUT2D eigenvalue weighted by Crippen LogP contribution is 2.29. The third-order valence-corrected chi connectivity index (χ3v) is 6.45. The third-order valence-electron chi connectivity index (χ3n) is 6.45. The second-order valence-electron chi connectivity index (χ2n) is 9.09. The van der Waals surface area contributed by atoms with E-state index in [2.05, 4.69) is 57.9 Å². The first-order valence-corrected chi connectivity index (χ1v) is 11.5. The Bertz CT molecular complexity index is 1080. The maximum atomic E-state index is 13.0.